The van der Waals surface area contributed by atoms with Gasteiger partial charge in [-0.05, 0) is 43.9 Å². The molecule has 0 aliphatic carbocycles. The van der Waals surface area contributed by atoms with Crippen LogP contribution in [0, 0.1) is 6.92 Å². The topological polar surface area (TPSA) is 122 Å². The highest BCUT2D eigenvalue weighted by molar-refractivity contribution is 8.26. The van der Waals surface area contributed by atoms with Crippen molar-refractivity contribution in [3.05, 3.63) is 63.4 Å². The fourth-order valence-electron chi connectivity index (χ4n) is 4.01. The summed E-state index contributed by atoms with van der Waals surface area (Å²) in [4.78, 5) is 48.0. The van der Waals surface area contributed by atoms with Gasteiger partial charge < -0.3 is 15.0 Å². The third-order valence-corrected chi connectivity index (χ3v) is 7.33. The molecule has 0 atom stereocenters. The Morgan fingerprint density at radius 3 is 2.78 bits per heavy atom. The summed E-state index contributed by atoms with van der Waals surface area (Å²) in [6.45, 7) is 3.64. The molecule has 1 fully saturated rings. The molecule has 0 saturated carbocycles. The Morgan fingerprint density at radius 1 is 1.19 bits per heavy atom. The van der Waals surface area contributed by atoms with Gasteiger partial charge in [0, 0.05) is 44.6 Å². The van der Waals surface area contributed by atoms with E-state index in [1.165, 1.54) is 9.30 Å². The van der Waals surface area contributed by atoms with Gasteiger partial charge in [-0.2, -0.15) is 0 Å². The van der Waals surface area contributed by atoms with Crippen molar-refractivity contribution in [1.82, 2.24) is 23.8 Å². The zero-order valence-corrected chi connectivity index (χ0v) is 22.1. The predicted molar refractivity (Wildman–Crippen MR) is 148 cm³/mol. The van der Waals surface area contributed by atoms with Crippen LogP contribution in [0.5, 0.6) is 0 Å². The Bertz CT molecular complexity index is 1400. The molecule has 1 amide bonds. The third-order valence-electron chi connectivity index (χ3n) is 5.95. The summed E-state index contributed by atoms with van der Waals surface area (Å²) >= 11 is 6.58. The van der Waals surface area contributed by atoms with Crippen LogP contribution in [-0.4, -0.2) is 58.2 Å². The van der Waals surface area contributed by atoms with Crippen molar-refractivity contribution in [2.75, 3.05) is 18.4 Å². The molecule has 1 aliphatic rings. The van der Waals surface area contributed by atoms with E-state index in [0.29, 0.717) is 58.6 Å². The summed E-state index contributed by atoms with van der Waals surface area (Å²) in [5.41, 5.74) is 1.44. The molecule has 0 bridgehead atoms. The molecule has 194 valence electrons. The number of nitrogens with zero attached hydrogens (tertiary/aromatic N) is 5. The van der Waals surface area contributed by atoms with Crippen LogP contribution in [0.3, 0.4) is 0 Å². The van der Waals surface area contributed by atoms with Crippen molar-refractivity contribution >= 4 is 57.7 Å². The van der Waals surface area contributed by atoms with Crippen LogP contribution >= 0.6 is 24.0 Å². The second-order valence-corrected chi connectivity index (χ2v) is 10.4. The number of nitrogens with one attached hydrogen (secondary N) is 1. The number of anilines is 1. The van der Waals surface area contributed by atoms with E-state index < -0.39 is 5.97 Å². The van der Waals surface area contributed by atoms with Crippen LogP contribution in [0.2, 0.25) is 0 Å². The number of carboxylic acids is 1. The number of imidazole rings is 1. The number of aromatic nitrogens is 4. The van der Waals surface area contributed by atoms with Gasteiger partial charge >= 0.3 is 5.97 Å². The number of pyridine rings is 1. The molecule has 0 radical (unpaired) electrons. The molecular weight excluding hydrogens is 512 g/mol. The summed E-state index contributed by atoms with van der Waals surface area (Å²) in [6.07, 6.45) is 11.4. The van der Waals surface area contributed by atoms with E-state index in [-0.39, 0.29) is 17.9 Å². The Hall–Kier alpha value is -3.51. The SMILES string of the molecule is Cc1cccn2c(=O)c(C=C3SC(=S)N(CCCCCC(=O)O)C3=O)c(NCCCn3ccnc3)nc12. The van der Waals surface area contributed by atoms with Gasteiger partial charge in [-0.25, -0.2) is 9.97 Å². The predicted octanol–water partition coefficient (Wildman–Crippen LogP) is 3.55. The van der Waals surface area contributed by atoms with Crippen LogP contribution in [0.15, 0.2) is 46.8 Å². The van der Waals surface area contributed by atoms with Gasteiger partial charge in [0.1, 0.15) is 15.8 Å². The minimum Gasteiger partial charge on any atom is -0.481 e. The monoisotopic (exact) mass is 540 g/mol. The highest BCUT2D eigenvalue weighted by atomic mass is 32.2. The van der Waals surface area contributed by atoms with E-state index in [1.807, 2.05) is 23.8 Å². The Morgan fingerprint density at radius 2 is 2.03 bits per heavy atom. The summed E-state index contributed by atoms with van der Waals surface area (Å²) in [5, 5.41) is 12.1. The molecule has 3 aromatic heterocycles. The smallest absolute Gasteiger partial charge is 0.303 e. The largest absolute Gasteiger partial charge is 0.481 e. The van der Waals surface area contributed by atoms with E-state index in [2.05, 4.69) is 10.3 Å². The van der Waals surface area contributed by atoms with Gasteiger partial charge in [-0.15, -0.1) is 0 Å². The number of amides is 1. The number of rotatable bonds is 12. The molecule has 1 aliphatic heterocycles. The maximum absolute atomic E-state index is 13.5. The van der Waals surface area contributed by atoms with Gasteiger partial charge in [0.2, 0.25) is 0 Å². The lowest BCUT2D eigenvalue weighted by atomic mass is 10.2. The van der Waals surface area contributed by atoms with Crippen LogP contribution in [0.1, 0.15) is 43.2 Å². The number of aliphatic carboxylic acids is 1. The van der Waals surface area contributed by atoms with Gasteiger partial charge in [0.15, 0.2) is 0 Å². The van der Waals surface area contributed by atoms with E-state index in [9.17, 15) is 14.4 Å². The Kier molecular flexibility index (Phi) is 8.72. The summed E-state index contributed by atoms with van der Waals surface area (Å²) in [6, 6.07) is 3.68. The van der Waals surface area contributed by atoms with E-state index in [4.69, 9.17) is 22.3 Å². The summed E-state index contributed by atoms with van der Waals surface area (Å²) < 4.78 is 3.89. The number of hydrogen-bond donors (Lipinski definition) is 2. The first-order valence-electron chi connectivity index (χ1n) is 12.0. The van der Waals surface area contributed by atoms with Gasteiger partial charge in [-0.3, -0.25) is 23.7 Å². The minimum absolute atomic E-state index is 0.106. The molecular formula is C25H28N6O4S2. The first-order valence-corrected chi connectivity index (χ1v) is 13.3. The van der Waals surface area contributed by atoms with E-state index in [1.54, 1.807) is 30.9 Å². The van der Waals surface area contributed by atoms with Crippen molar-refractivity contribution in [2.24, 2.45) is 0 Å². The number of carbonyl (C=O) groups excluding carboxylic acids is 1. The average molecular weight is 541 g/mol. The van der Waals surface area contributed by atoms with E-state index in [0.717, 1.165) is 30.3 Å². The molecule has 12 heteroatoms. The van der Waals surface area contributed by atoms with Gasteiger partial charge in [0.25, 0.3) is 11.5 Å². The lowest BCUT2D eigenvalue weighted by Crippen LogP contribution is -2.29. The fourth-order valence-corrected chi connectivity index (χ4v) is 5.30. The number of unbranched alkanes of at least 4 members (excludes halogenated alkanes) is 2. The van der Waals surface area contributed by atoms with Crippen molar-refractivity contribution in [3.8, 4) is 0 Å². The number of carboxylic acid groups (broad SMARTS) is 1. The number of carbonyl (C=O) groups is 2. The van der Waals surface area contributed by atoms with Gasteiger partial charge in [-0.1, -0.05) is 36.5 Å². The molecule has 4 heterocycles. The molecule has 0 spiro atoms. The second-order valence-electron chi connectivity index (χ2n) is 8.68. The number of aryl methyl sites for hydroxylation is 2. The Labute approximate surface area is 223 Å². The zero-order chi connectivity index (χ0) is 26.4. The van der Waals surface area contributed by atoms with Crippen molar-refractivity contribution < 1.29 is 14.7 Å². The maximum Gasteiger partial charge on any atom is 0.303 e. The molecule has 4 rings (SSSR count). The van der Waals surface area contributed by atoms with Crippen LogP contribution < -0.4 is 10.9 Å². The first-order chi connectivity index (χ1) is 17.8. The highest BCUT2D eigenvalue weighted by Crippen LogP contribution is 2.33. The summed E-state index contributed by atoms with van der Waals surface area (Å²) in [5.74, 6) is -0.665. The van der Waals surface area contributed by atoms with Crippen LogP contribution in [0.25, 0.3) is 11.7 Å². The van der Waals surface area contributed by atoms with Crippen LogP contribution in [-0.2, 0) is 16.1 Å². The highest BCUT2D eigenvalue weighted by Gasteiger charge is 2.32. The molecule has 10 nitrogen and oxygen atoms in total. The number of thiocarbonyl (C=S) groups is 1. The minimum atomic E-state index is -0.829. The number of thioether (sulfide) groups is 1. The maximum atomic E-state index is 13.5. The molecule has 0 unspecified atom stereocenters. The van der Waals surface area contributed by atoms with Crippen LogP contribution in [0.4, 0.5) is 5.82 Å². The average Bonchev–Trinajstić information content (AvgIpc) is 3.47. The zero-order valence-electron chi connectivity index (χ0n) is 20.4. The van der Waals surface area contributed by atoms with E-state index >= 15 is 0 Å². The normalized spacial score (nSPS) is 14.7. The third kappa shape index (κ3) is 6.44. The molecule has 0 aromatic carbocycles. The van der Waals surface area contributed by atoms with Gasteiger partial charge in [0.05, 0.1) is 16.8 Å². The lowest BCUT2D eigenvalue weighted by Gasteiger charge is -2.14. The lowest BCUT2D eigenvalue weighted by molar-refractivity contribution is -0.137. The van der Waals surface area contributed by atoms with Crippen molar-refractivity contribution in [3.63, 3.8) is 0 Å². The summed E-state index contributed by atoms with van der Waals surface area (Å²) in [7, 11) is 0. The quantitative estimate of drug-likeness (QED) is 0.202. The van der Waals surface area contributed by atoms with Crippen molar-refractivity contribution in [2.45, 2.75) is 45.6 Å². The molecule has 1 saturated heterocycles. The Balaban J connectivity index is 1.55. The molecule has 3 aromatic rings. The number of hydrogen-bond acceptors (Lipinski definition) is 8. The number of fused-ring (bicyclic) bond motifs is 1. The second kappa shape index (κ2) is 12.2. The van der Waals surface area contributed by atoms with Crippen molar-refractivity contribution in [1.29, 1.82) is 0 Å². The fraction of sp³-hybridized carbons (Fsp3) is 0.360. The standard InChI is InChI=1S/C25H28N6O4S2/c1-17-7-5-13-30-22(17)28-21(27-9-6-11-29-14-10-26-16-29)18(23(30)34)15-19-24(35)31(25(36)37-19)12-4-2-3-8-20(32)33/h5,7,10,13-16,27H,2-4,6,8-9,11-12H2,1H3,(H,32,33). The molecule has 37 heavy (non-hydrogen) atoms. The molecule has 2 N–H and O–H groups in total. The first kappa shape index (κ1) is 26.6.